The van der Waals surface area contributed by atoms with Gasteiger partial charge in [-0.3, -0.25) is 9.59 Å². The second-order valence-corrected chi connectivity index (χ2v) is 20.0. The van der Waals surface area contributed by atoms with Gasteiger partial charge in [0.15, 0.2) is 5.88 Å². The van der Waals surface area contributed by atoms with Crippen LogP contribution < -0.4 is 10.6 Å². The molecule has 0 spiro atoms. The van der Waals surface area contributed by atoms with Gasteiger partial charge in [-0.25, -0.2) is 14.8 Å². The fourth-order valence-electron chi connectivity index (χ4n) is 9.68. The van der Waals surface area contributed by atoms with Crippen molar-refractivity contribution in [2.75, 3.05) is 27.3 Å². The molecule has 3 amide bonds. The largest absolute Gasteiger partial charge is 0.483 e. The minimum Gasteiger partial charge on any atom is -0.483 e. The maximum Gasteiger partial charge on any atom is 0.407 e. The van der Waals surface area contributed by atoms with Crippen LogP contribution in [0.2, 0.25) is 0 Å². The van der Waals surface area contributed by atoms with Crippen LogP contribution in [0, 0.1) is 11.8 Å². The number of nitrogens with one attached hydrogen (secondary N) is 4. The number of benzene rings is 3. The topological polar surface area (TPSA) is 162 Å². The molecule has 362 valence electrons. The van der Waals surface area contributed by atoms with E-state index >= 15 is 0 Å². The van der Waals surface area contributed by atoms with Crippen molar-refractivity contribution in [2.24, 2.45) is 11.8 Å². The molecule has 2 fully saturated rings. The van der Waals surface area contributed by atoms with Gasteiger partial charge in [-0.05, 0) is 102 Å². The van der Waals surface area contributed by atoms with Crippen LogP contribution in [0.25, 0.3) is 50.7 Å². The monoisotopic (exact) mass is 934 g/mol. The van der Waals surface area contributed by atoms with E-state index in [0.29, 0.717) is 19.0 Å². The number of aromatic nitrogens is 5. The molecule has 2 aliphatic rings. The van der Waals surface area contributed by atoms with Gasteiger partial charge in [0.05, 0.1) is 61.5 Å². The molecule has 6 aromatic rings. The summed E-state index contributed by atoms with van der Waals surface area (Å²) >= 11 is 0. The average molecular weight is 934 g/mol. The first-order valence-corrected chi connectivity index (χ1v) is 24.1. The molecule has 14 heteroatoms. The number of alkyl carbamates (subject to hydrolysis) is 1. The van der Waals surface area contributed by atoms with Crippen LogP contribution in [0.1, 0.15) is 103 Å². The lowest BCUT2D eigenvalue weighted by molar-refractivity contribution is -0.136. The SMILES string of the molecule is C=C(NC(C(=O)N1CCC[C@H]1c1ncc(-c2cccc(-c3ccc(-c4ccc(-c5cnc(C6CCCN6C(=O)[C@@H](NC(=O)OC)C(C)C)[nH]5)cc4)n3-c3ccc(C(C)(C)C)cc3)c2)[nH]1)C(C)C)OC. The Hall–Kier alpha value is -7.09. The number of imidazole rings is 2. The Labute approximate surface area is 405 Å². The summed E-state index contributed by atoms with van der Waals surface area (Å²) in [5.41, 5.74) is 10.1. The lowest BCUT2D eigenvalue weighted by Gasteiger charge is -2.31. The molecule has 4 N–H and O–H groups in total. The number of likely N-dealkylation sites (tertiary alicyclic amines) is 2. The van der Waals surface area contributed by atoms with Crippen LogP contribution in [0.5, 0.6) is 0 Å². The first-order valence-electron chi connectivity index (χ1n) is 24.1. The van der Waals surface area contributed by atoms with Gasteiger partial charge in [0.25, 0.3) is 0 Å². The van der Waals surface area contributed by atoms with Crippen molar-refractivity contribution in [2.45, 2.75) is 104 Å². The molecule has 5 heterocycles. The number of ether oxygens (including phenoxy) is 2. The number of hydrogen-bond acceptors (Lipinski definition) is 8. The number of amides is 3. The molecule has 14 nitrogen and oxygen atoms in total. The Morgan fingerprint density at radius 2 is 1.17 bits per heavy atom. The third kappa shape index (κ3) is 10.2. The highest BCUT2D eigenvalue weighted by molar-refractivity contribution is 5.86. The van der Waals surface area contributed by atoms with Gasteiger partial charge in [0, 0.05) is 24.3 Å². The van der Waals surface area contributed by atoms with Gasteiger partial charge in [-0.2, -0.15) is 0 Å². The molecular formula is C55H67N9O5. The molecule has 3 aromatic heterocycles. The van der Waals surface area contributed by atoms with Crippen molar-refractivity contribution in [3.63, 3.8) is 0 Å². The standard InChI is InChI=1S/C55H67N9O5/c1-33(2)48(58-35(5)68-9)52(65)62-28-12-17-47(62)51-57-32-43(60-51)38-14-11-15-39(30-38)45-27-26-44(64(45)41-24-22-40(23-25-41)55(6,7)8)37-20-18-36(19-21-37)42-31-56-50(59-42)46-16-13-29-63(46)53(66)49(34(3)4)61-54(67)69-10/h11,14-15,18-27,30-34,46-49,58H,5,12-13,16-17,28-29H2,1-4,6-10H3,(H,56,59)(H,57,60)(H,61,67)/t46?,47-,48?,49-/m0/s1. The van der Waals surface area contributed by atoms with E-state index in [-0.39, 0.29) is 41.1 Å². The molecule has 2 unspecified atom stereocenters. The zero-order valence-corrected chi connectivity index (χ0v) is 41.4. The first-order chi connectivity index (χ1) is 33.1. The molecule has 0 radical (unpaired) electrons. The first kappa shape index (κ1) is 48.4. The summed E-state index contributed by atoms with van der Waals surface area (Å²) in [4.78, 5) is 60.3. The Morgan fingerprint density at radius 3 is 1.70 bits per heavy atom. The molecule has 0 saturated carbocycles. The van der Waals surface area contributed by atoms with Crippen molar-refractivity contribution < 1.29 is 23.9 Å². The van der Waals surface area contributed by atoms with Crippen LogP contribution in [-0.2, 0) is 24.5 Å². The number of nitrogens with zero attached hydrogens (tertiary/aromatic N) is 5. The van der Waals surface area contributed by atoms with Crippen LogP contribution in [0.3, 0.4) is 0 Å². The van der Waals surface area contributed by atoms with E-state index in [1.54, 1.807) is 7.11 Å². The number of hydrogen-bond donors (Lipinski definition) is 4. The summed E-state index contributed by atoms with van der Waals surface area (Å²) < 4.78 is 12.4. The smallest absolute Gasteiger partial charge is 0.407 e. The lowest BCUT2D eigenvalue weighted by Crippen LogP contribution is -2.51. The van der Waals surface area contributed by atoms with Gasteiger partial charge >= 0.3 is 6.09 Å². The van der Waals surface area contributed by atoms with E-state index in [1.165, 1.54) is 12.7 Å². The van der Waals surface area contributed by atoms with Crippen LogP contribution in [-0.4, -0.2) is 91.6 Å². The van der Waals surface area contributed by atoms with Crippen LogP contribution in [0.4, 0.5) is 4.79 Å². The molecule has 0 bridgehead atoms. The maximum atomic E-state index is 13.9. The van der Waals surface area contributed by atoms with E-state index in [2.05, 4.69) is 137 Å². The number of rotatable bonds is 15. The predicted molar refractivity (Wildman–Crippen MR) is 270 cm³/mol. The quantitative estimate of drug-likeness (QED) is 0.0740. The highest BCUT2D eigenvalue weighted by atomic mass is 16.5. The zero-order valence-electron chi connectivity index (χ0n) is 41.4. The fourth-order valence-corrected chi connectivity index (χ4v) is 9.68. The Kier molecular flexibility index (Phi) is 14.2. The molecule has 8 rings (SSSR count). The van der Waals surface area contributed by atoms with E-state index in [1.807, 2.05) is 49.9 Å². The highest BCUT2D eigenvalue weighted by Crippen LogP contribution is 2.38. The minimum absolute atomic E-state index is 0.000717. The fraction of sp³-hybridized carbons (Fsp3) is 0.400. The van der Waals surface area contributed by atoms with E-state index in [0.717, 1.165) is 88.0 Å². The second-order valence-electron chi connectivity index (χ2n) is 20.0. The molecular weight excluding hydrogens is 867 g/mol. The Balaban J connectivity index is 1.07. The van der Waals surface area contributed by atoms with Gasteiger partial charge in [-0.15, -0.1) is 0 Å². The normalized spacial score (nSPS) is 17.0. The van der Waals surface area contributed by atoms with Crippen molar-refractivity contribution in [1.29, 1.82) is 0 Å². The van der Waals surface area contributed by atoms with Crippen molar-refractivity contribution in [1.82, 2.24) is 44.9 Å². The van der Waals surface area contributed by atoms with Gasteiger partial charge in [-0.1, -0.05) is 103 Å². The minimum atomic E-state index is -0.702. The number of carbonyl (C=O) groups excluding carboxylic acids is 3. The third-order valence-electron chi connectivity index (χ3n) is 13.6. The van der Waals surface area contributed by atoms with Gasteiger partial charge in [0.2, 0.25) is 11.8 Å². The zero-order chi connectivity index (χ0) is 49.1. The van der Waals surface area contributed by atoms with Crippen LogP contribution in [0.15, 0.2) is 110 Å². The number of methoxy groups -OCH3 is 2. The molecule has 0 aliphatic carbocycles. The molecule has 2 saturated heterocycles. The Bertz CT molecular complexity index is 2780. The Morgan fingerprint density at radius 1 is 0.667 bits per heavy atom. The molecule has 3 aromatic carbocycles. The number of aromatic amines is 2. The van der Waals surface area contributed by atoms with E-state index < -0.39 is 18.2 Å². The van der Waals surface area contributed by atoms with E-state index in [9.17, 15) is 14.4 Å². The summed E-state index contributed by atoms with van der Waals surface area (Å²) in [7, 11) is 2.84. The second kappa shape index (κ2) is 20.2. The summed E-state index contributed by atoms with van der Waals surface area (Å²) in [5, 5.41) is 5.90. The van der Waals surface area contributed by atoms with E-state index in [4.69, 9.17) is 19.4 Å². The van der Waals surface area contributed by atoms with Crippen LogP contribution >= 0.6 is 0 Å². The maximum absolute atomic E-state index is 13.9. The summed E-state index contributed by atoms with van der Waals surface area (Å²) in [6.07, 6.45) is 6.40. The molecule has 2 aliphatic heterocycles. The highest BCUT2D eigenvalue weighted by Gasteiger charge is 2.39. The van der Waals surface area contributed by atoms with Crippen molar-refractivity contribution in [3.8, 4) is 50.7 Å². The predicted octanol–water partition coefficient (Wildman–Crippen LogP) is 10.3. The van der Waals surface area contributed by atoms with Gasteiger partial charge < -0.3 is 44.4 Å². The average Bonchev–Trinajstić information content (AvgIpc) is 4.21. The lowest BCUT2D eigenvalue weighted by atomic mass is 9.87. The van der Waals surface area contributed by atoms with Crippen molar-refractivity contribution >= 4 is 17.9 Å². The summed E-state index contributed by atoms with van der Waals surface area (Å²) in [6, 6.07) is 28.6. The molecule has 4 atom stereocenters. The van der Waals surface area contributed by atoms with Gasteiger partial charge in [0.1, 0.15) is 23.7 Å². The van der Waals surface area contributed by atoms with Crippen molar-refractivity contribution in [3.05, 3.63) is 127 Å². The molecule has 69 heavy (non-hydrogen) atoms. The summed E-state index contributed by atoms with van der Waals surface area (Å²) in [6.45, 7) is 19.7. The number of H-pyrrole nitrogens is 2. The number of carbonyl (C=O) groups is 3. The summed E-state index contributed by atoms with van der Waals surface area (Å²) in [5.74, 6) is 1.65. The third-order valence-corrected chi connectivity index (χ3v) is 13.6.